The maximum Gasteiger partial charge on any atom is 0.541 e. The van der Waals surface area contributed by atoms with Gasteiger partial charge in [0.25, 0.3) is 0 Å². The molecule has 3 aromatic rings. The van der Waals surface area contributed by atoms with Gasteiger partial charge in [-0.3, -0.25) is 5.09 Å². The van der Waals surface area contributed by atoms with Crippen LogP contribution in [0.3, 0.4) is 0 Å². The number of aryl methyl sites for hydroxylation is 2. The molecule has 0 aliphatic heterocycles. The summed E-state index contributed by atoms with van der Waals surface area (Å²) < 4.78 is 25.0. The molecule has 0 aliphatic rings. The minimum atomic E-state index is -3.75. The van der Waals surface area contributed by atoms with Crippen molar-refractivity contribution in [3.8, 4) is 11.5 Å². The van der Waals surface area contributed by atoms with Crippen molar-refractivity contribution in [2.75, 3.05) is 5.09 Å². The van der Waals surface area contributed by atoms with Gasteiger partial charge in [0, 0.05) is 10.7 Å². The first-order valence-electron chi connectivity index (χ1n) is 8.08. The zero-order chi connectivity index (χ0) is 18.6. The first-order chi connectivity index (χ1) is 12.4. The summed E-state index contributed by atoms with van der Waals surface area (Å²) in [6.07, 6.45) is 0. The molecular formula is C20H19ClNO3P. The van der Waals surface area contributed by atoms with Gasteiger partial charge in [0.2, 0.25) is 0 Å². The smallest absolute Gasteiger partial charge is 0.400 e. The third-order valence-electron chi connectivity index (χ3n) is 3.52. The average Bonchev–Trinajstić information content (AvgIpc) is 2.54. The number of nitrogens with one attached hydrogen (secondary N) is 1. The standard InChI is InChI=1S/C20H19ClNO3P/c1-15-6-3-10-19(12-15)24-26(23,22-18-9-5-8-17(21)14-18)25-20-11-4-7-16(2)13-20/h3-14H,1-2H3,(H,22,23). The molecule has 0 heterocycles. The van der Waals surface area contributed by atoms with E-state index >= 15 is 0 Å². The van der Waals surface area contributed by atoms with Crippen molar-refractivity contribution in [2.24, 2.45) is 0 Å². The lowest BCUT2D eigenvalue weighted by Gasteiger charge is -2.21. The first-order valence-corrected chi connectivity index (χ1v) is 10.0. The number of rotatable bonds is 6. The first kappa shape index (κ1) is 18.4. The summed E-state index contributed by atoms with van der Waals surface area (Å²) in [5, 5.41) is 3.38. The zero-order valence-corrected chi connectivity index (χ0v) is 16.1. The molecule has 3 aromatic carbocycles. The molecule has 0 aromatic heterocycles. The van der Waals surface area contributed by atoms with Crippen molar-refractivity contribution >= 4 is 25.0 Å². The maximum atomic E-state index is 13.5. The molecule has 134 valence electrons. The van der Waals surface area contributed by atoms with Crippen molar-refractivity contribution in [3.63, 3.8) is 0 Å². The highest BCUT2D eigenvalue weighted by Gasteiger charge is 2.29. The molecule has 4 nitrogen and oxygen atoms in total. The van der Waals surface area contributed by atoms with Crippen molar-refractivity contribution in [3.05, 3.63) is 88.9 Å². The van der Waals surface area contributed by atoms with Gasteiger partial charge in [-0.05, 0) is 67.4 Å². The molecule has 0 aliphatic carbocycles. The van der Waals surface area contributed by atoms with Crippen LogP contribution in [-0.2, 0) is 4.57 Å². The molecule has 0 saturated heterocycles. The Hall–Kier alpha value is -2.42. The van der Waals surface area contributed by atoms with Gasteiger partial charge in [0.15, 0.2) is 0 Å². The lowest BCUT2D eigenvalue weighted by molar-refractivity contribution is 0.392. The molecule has 1 N–H and O–H groups in total. The van der Waals surface area contributed by atoms with E-state index in [1.165, 1.54) is 0 Å². The Morgan fingerprint density at radius 3 is 1.85 bits per heavy atom. The fourth-order valence-electron chi connectivity index (χ4n) is 2.40. The van der Waals surface area contributed by atoms with Gasteiger partial charge >= 0.3 is 7.75 Å². The highest BCUT2D eigenvalue weighted by molar-refractivity contribution is 7.56. The number of hydrogen-bond donors (Lipinski definition) is 1. The second kappa shape index (κ2) is 7.86. The number of halogens is 1. The van der Waals surface area contributed by atoms with Gasteiger partial charge in [-0.1, -0.05) is 41.9 Å². The summed E-state index contributed by atoms with van der Waals surface area (Å²) >= 11 is 6.02. The van der Waals surface area contributed by atoms with Crippen LogP contribution in [0, 0.1) is 13.8 Å². The Kier molecular flexibility index (Phi) is 5.55. The normalized spacial score (nSPS) is 11.0. The Morgan fingerprint density at radius 1 is 0.808 bits per heavy atom. The van der Waals surface area contributed by atoms with Crippen LogP contribution in [0.1, 0.15) is 11.1 Å². The molecule has 6 heteroatoms. The topological polar surface area (TPSA) is 47.6 Å². The predicted octanol–water partition coefficient (Wildman–Crippen LogP) is 6.63. The Morgan fingerprint density at radius 2 is 1.35 bits per heavy atom. The quantitative estimate of drug-likeness (QED) is 0.482. The van der Waals surface area contributed by atoms with Crippen LogP contribution in [0.15, 0.2) is 72.8 Å². The summed E-state index contributed by atoms with van der Waals surface area (Å²) in [5.41, 5.74) is 2.53. The highest BCUT2D eigenvalue weighted by atomic mass is 35.5. The molecular weight excluding hydrogens is 369 g/mol. The lowest BCUT2D eigenvalue weighted by atomic mass is 10.2. The summed E-state index contributed by atoms with van der Waals surface area (Å²) in [6.45, 7) is 3.87. The van der Waals surface area contributed by atoms with E-state index in [0.717, 1.165) is 11.1 Å². The molecule has 0 atom stereocenters. The molecule has 0 unspecified atom stereocenters. The van der Waals surface area contributed by atoms with E-state index in [9.17, 15) is 4.57 Å². The summed E-state index contributed by atoms with van der Waals surface area (Å²) in [5.74, 6) is 0.908. The average molecular weight is 388 g/mol. The third kappa shape index (κ3) is 5.04. The number of anilines is 1. The monoisotopic (exact) mass is 387 g/mol. The maximum absolute atomic E-state index is 13.5. The van der Waals surface area contributed by atoms with Crippen LogP contribution >= 0.6 is 19.3 Å². The van der Waals surface area contributed by atoms with Crippen LogP contribution in [0.4, 0.5) is 5.69 Å². The van der Waals surface area contributed by atoms with E-state index in [2.05, 4.69) is 5.09 Å². The summed E-state index contributed by atoms with van der Waals surface area (Å²) in [6, 6.07) is 21.5. The van der Waals surface area contributed by atoms with Crippen molar-refractivity contribution < 1.29 is 13.6 Å². The van der Waals surface area contributed by atoms with Gasteiger partial charge in [-0.2, -0.15) is 0 Å². The SMILES string of the molecule is Cc1cccc(OP(=O)(Nc2cccc(Cl)c2)Oc2cccc(C)c2)c1. The lowest BCUT2D eigenvalue weighted by Crippen LogP contribution is -2.10. The summed E-state index contributed by atoms with van der Waals surface area (Å²) in [4.78, 5) is 0. The van der Waals surface area contributed by atoms with Gasteiger partial charge in [0.1, 0.15) is 11.5 Å². The number of hydrogen-bond acceptors (Lipinski definition) is 3. The molecule has 0 bridgehead atoms. The second-order valence-corrected chi connectivity index (χ2v) is 7.96. The van der Waals surface area contributed by atoms with Gasteiger partial charge < -0.3 is 9.05 Å². The second-order valence-electron chi connectivity index (χ2n) is 5.94. The fourth-order valence-corrected chi connectivity index (χ4v) is 3.96. The molecule has 0 amide bonds. The van der Waals surface area contributed by atoms with Crippen molar-refractivity contribution in [1.82, 2.24) is 0 Å². The van der Waals surface area contributed by atoms with E-state index in [4.69, 9.17) is 20.6 Å². The van der Waals surface area contributed by atoms with Gasteiger partial charge in [-0.25, -0.2) is 4.57 Å². The molecule has 0 spiro atoms. The predicted molar refractivity (Wildman–Crippen MR) is 106 cm³/mol. The minimum Gasteiger partial charge on any atom is -0.400 e. The Bertz CT molecular complexity index is 839. The Balaban J connectivity index is 1.92. The Labute approximate surface area is 158 Å². The van der Waals surface area contributed by atoms with Crippen LogP contribution < -0.4 is 14.1 Å². The molecule has 3 rings (SSSR count). The van der Waals surface area contributed by atoms with Gasteiger partial charge in [0.05, 0.1) is 0 Å². The minimum absolute atomic E-state index is 0.454. The zero-order valence-electron chi connectivity index (χ0n) is 14.5. The number of benzene rings is 3. The fraction of sp³-hybridized carbons (Fsp3) is 0.100. The van der Waals surface area contributed by atoms with E-state index in [1.54, 1.807) is 48.5 Å². The van der Waals surface area contributed by atoms with E-state index in [1.807, 2.05) is 38.1 Å². The van der Waals surface area contributed by atoms with Crippen LogP contribution in [0.5, 0.6) is 11.5 Å². The van der Waals surface area contributed by atoms with Crippen molar-refractivity contribution in [1.29, 1.82) is 0 Å². The highest BCUT2D eigenvalue weighted by Crippen LogP contribution is 2.48. The molecule has 0 saturated carbocycles. The third-order valence-corrected chi connectivity index (χ3v) is 5.19. The summed E-state index contributed by atoms with van der Waals surface area (Å²) in [7, 11) is -3.75. The van der Waals surface area contributed by atoms with E-state index in [-0.39, 0.29) is 0 Å². The molecule has 0 radical (unpaired) electrons. The van der Waals surface area contributed by atoms with E-state index in [0.29, 0.717) is 22.2 Å². The van der Waals surface area contributed by atoms with E-state index < -0.39 is 7.75 Å². The van der Waals surface area contributed by atoms with Crippen LogP contribution in [0.2, 0.25) is 5.02 Å². The van der Waals surface area contributed by atoms with Crippen molar-refractivity contribution in [2.45, 2.75) is 13.8 Å². The van der Waals surface area contributed by atoms with Crippen LogP contribution in [-0.4, -0.2) is 0 Å². The molecule has 26 heavy (non-hydrogen) atoms. The van der Waals surface area contributed by atoms with Gasteiger partial charge in [-0.15, -0.1) is 0 Å². The van der Waals surface area contributed by atoms with Crippen LogP contribution in [0.25, 0.3) is 0 Å². The largest absolute Gasteiger partial charge is 0.541 e. The molecule has 0 fully saturated rings.